The molecule has 0 saturated carbocycles. The molecule has 29 nitrogen and oxygen atoms in total. The lowest BCUT2D eigenvalue weighted by molar-refractivity contribution is 0.0690. The van der Waals surface area contributed by atoms with Crippen molar-refractivity contribution in [1.29, 1.82) is 0 Å². The van der Waals surface area contributed by atoms with Crippen LogP contribution in [0.25, 0.3) is 27.2 Å². The molecule has 0 amide bonds. The molecule has 384 valence electrons. The van der Waals surface area contributed by atoms with Crippen LogP contribution in [0.3, 0.4) is 0 Å². The second-order valence-corrected chi connectivity index (χ2v) is 20.5. The molecule has 0 aliphatic heterocycles. The van der Waals surface area contributed by atoms with Gasteiger partial charge in [-0.25, -0.2) is 9.48 Å². The fourth-order valence-electron chi connectivity index (χ4n) is 6.68. The van der Waals surface area contributed by atoms with Gasteiger partial charge < -0.3 is 48.7 Å². The van der Waals surface area contributed by atoms with Gasteiger partial charge in [0.15, 0.2) is 17.1 Å². The van der Waals surface area contributed by atoms with Crippen molar-refractivity contribution >= 4 is 103 Å². The molecular formula is C40H34N8O21S4. The highest BCUT2D eigenvalue weighted by atomic mass is 32.3. The largest absolute Gasteiger partial charge is 0.507 e. The van der Waals surface area contributed by atoms with E-state index in [9.17, 15) is 87.7 Å². The predicted molar refractivity (Wildman–Crippen MR) is 252 cm³/mol. The number of aromatic hydroxyl groups is 2. The Labute approximate surface area is 409 Å². The molecule has 0 aliphatic carbocycles. The highest BCUT2D eigenvalue weighted by Gasteiger charge is 2.27. The van der Waals surface area contributed by atoms with E-state index in [0.717, 1.165) is 60.7 Å². The van der Waals surface area contributed by atoms with Gasteiger partial charge in [0.2, 0.25) is 0 Å². The number of hydrogen-bond donors (Lipinski definition) is 12. The monoisotopic (exact) mass is 1090 g/mol. The van der Waals surface area contributed by atoms with Gasteiger partial charge in [-0.3, -0.25) is 23.6 Å². The predicted octanol–water partition coefficient (Wildman–Crippen LogP) is 6.89. The zero-order chi connectivity index (χ0) is 53.4. The summed E-state index contributed by atoms with van der Waals surface area (Å²) in [7, 11) is -19.3. The number of carboxylic acids is 1. The number of H-pyrrole nitrogens is 1. The van der Waals surface area contributed by atoms with E-state index in [1.54, 1.807) is 0 Å². The van der Waals surface area contributed by atoms with Crippen molar-refractivity contribution in [2.75, 3.05) is 26.4 Å². The van der Waals surface area contributed by atoms with Crippen LogP contribution in [0.15, 0.2) is 140 Å². The molecule has 0 fully saturated rings. The minimum atomic E-state index is -5.02. The quantitative estimate of drug-likeness (QED) is 0.0307. The highest BCUT2D eigenvalue weighted by molar-refractivity contribution is 8.19. The van der Waals surface area contributed by atoms with Gasteiger partial charge in [0.1, 0.15) is 58.4 Å². The van der Waals surface area contributed by atoms with Crippen LogP contribution in [0, 0.1) is 0 Å². The number of aromatic nitrogens is 2. The maximum atomic E-state index is 13.3. The van der Waals surface area contributed by atoms with E-state index in [1.807, 2.05) is 0 Å². The van der Waals surface area contributed by atoms with Crippen LogP contribution in [-0.4, -0.2) is 120 Å². The number of rotatable bonds is 18. The van der Waals surface area contributed by atoms with E-state index in [2.05, 4.69) is 35.8 Å². The number of carboxylic acid groups (broad SMARTS) is 1. The van der Waals surface area contributed by atoms with E-state index in [4.69, 9.17) is 9.47 Å². The van der Waals surface area contributed by atoms with Crippen LogP contribution in [-0.2, 0) is 30.4 Å². The van der Waals surface area contributed by atoms with Gasteiger partial charge in [0.05, 0.1) is 55.2 Å². The summed E-state index contributed by atoms with van der Waals surface area (Å²) < 4.78 is 143. The lowest BCUT2D eigenvalue weighted by atomic mass is 10.1. The first-order valence-electron chi connectivity index (χ1n) is 19.8. The molecule has 33 heteroatoms. The lowest BCUT2D eigenvalue weighted by Crippen LogP contribution is -2.14. The maximum absolute atomic E-state index is 13.3. The number of hydrogen-bond acceptors (Lipinski definition) is 23. The highest BCUT2D eigenvalue weighted by Crippen LogP contribution is 2.55. The molecule has 1 aromatic heterocycles. The Morgan fingerprint density at radius 3 is 1.66 bits per heavy atom. The molecule has 6 aromatic carbocycles. The average molecular weight is 1090 g/mol. The Balaban J connectivity index is 1.29. The normalized spacial score (nSPS) is 13.0. The number of phenols is 2. The molecule has 0 radical (unpaired) electrons. The third-order valence-corrected chi connectivity index (χ3v) is 13.3. The number of nitrogens with one attached hydrogen (secondary N) is 1. The van der Waals surface area contributed by atoms with Gasteiger partial charge in [-0.05, 0) is 77.5 Å². The summed E-state index contributed by atoms with van der Waals surface area (Å²) in [5.74, 6) is -3.86. The number of phenolic OH excluding ortho intramolecular Hbond substituents is 2. The third-order valence-electron chi connectivity index (χ3n) is 9.88. The average Bonchev–Trinajstić information content (AvgIpc) is 3.65. The fourth-order valence-corrected chi connectivity index (χ4v) is 8.91. The van der Waals surface area contributed by atoms with Crippen LogP contribution in [0.4, 0.5) is 34.1 Å². The number of aromatic carboxylic acids is 1. The Hall–Kier alpha value is -7.80. The summed E-state index contributed by atoms with van der Waals surface area (Å²) >= 11 is 0. The molecule has 0 atom stereocenters. The van der Waals surface area contributed by atoms with E-state index < -0.39 is 133 Å². The van der Waals surface area contributed by atoms with Crippen LogP contribution < -0.4 is 15.0 Å². The second-order valence-electron chi connectivity index (χ2n) is 14.7. The number of fused-ring (bicyclic) bond motifs is 2. The molecule has 0 bridgehead atoms. The maximum Gasteiger partial charge on any atom is 0.356 e. The van der Waals surface area contributed by atoms with E-state index >= 15 is 0 Å². The number of ether oxygens (including phenoxy) is 2. The van der Waals surface area contributed by atoms with Crippen LogP contribution in [0.1, 0.15) is 10.5 Å². The van der Waals surface area contributed by atoms with Gasteiger partial charge in [-0.15, -0.1) is 25.6 Å². The number of azo groups is 3. The minimum absolute atomic E-state index is 0.0557. The Morgan fingerprint density at radius 2 is 1.12 bits per heavy atom. The van der Waals surface area contributed by atoms with Crippen molar-refractivity contribution < 1.29 is 92.4 Å². The van der Waals surface area contributed by atoms with Crippen molar-refractivity contribution in [1.82, 2.24) is 9.78 Å². The summed E-state index contributed by atoms with van der Waals surface area (Å²) in [4.78, 5) is 22.3. The number of carbonyl (C=O) groups is 1. The smallest absolute Gasteiger partial charge is 0.356 e. The molecular weight excluding hydrogens is 1060 g/mol. The molecule has 0 saturated heterocycles. The fraction of sp³-hybridized carbons (Fsp3) is 0.100. The summed E-state index contributed by atoms with van der Waals surface area (Å²) in [6, 6.07) is 13.8. The van der Waals surface area contributed by atoms with E-state index in [1.165, 1.54) is 18.2 Å². The number of aliphatic hydroxyl groups is 2. The van der Waals surface area contributed by atoms with Gasteiger partial charge in [-0.1, -0.05) is 0 Å². The zero-order valence-corrected chi connectivity index (χ0v) is 39.4. The second kappa shape index (κ2) is 20.4. The first kappa shape index (κ1) is 53.0. The SMILES string of the molecule is O=C(O)c1[nH]n(-c2ccc(S(=O)(=O)O)cc2)c(=O)c1N=Nc1ccc2c(O)c(N=Nc3cc(OCCO)c(N=Nc4cc(S(=O)(=O)O)cc5cc(S(=O)(=O)O)cc(O)c45)cc3OCCO)c(S(O)(O)O)cc2c1. The molecule has 7 aromatic rings. The first-order valence-corrected chi connectivity index (χ1v) is 25.6. The van der Waals surface area contributed by atoms with Crippen molar-refractivity contribution in [3.63, 3.8) is 0 Å². The number of aromatic amines is 1. The number of aliphatic hydroxyl groups excluding tert-OH is 2. The topological polar surface area (TPSA) is 472 Å². The van der Waals surface area contributed by atoms with Gasteiger partial charge in [-0.2, -0.15) is 30.4 Å². The van der Waals surface area contributed by atoms with Crippen LogP contribution >= 0.6 is 10.9 Å². The lowest BCUT2D eigenvalue weighted by Gasteiger charge is -2.22. The summed E-state index contributed by atoms with van der Waals surface area (Å²) in [5, 5.41) is 76.4. The van der Waals surface area contributed by atoms with Gasteiger partial charge in [0, 0.05) is 23.6 Å². The van der Waals surface area contributed by atoms with Gasteiger partial charge >= 0.3 is 5.97 Å². The summed E-state index contributed by atoms with van der Waals surface area (Å²) in [6.45, 7) is -2.01. The number of benzene rings is 6. The Kier molecular flexibility index (Phi) is 14.8. The van der Waals surface area contributed by atoms with Crippen molar-refractivity contribution in [3.8, 4) is 28.7 Å². The standard InChI is InChI=1S/C40H34N8O21S4/c49-7-9-68-31-18-28(32(69-10-8-50)17-27(31)42-44-29-15-24(71(59,60)61)12-20-13-25(72(62,63)64)16-30(51)34(20)29)43-45-35-33(73(65,66)67)14-19-11-21(1-6-26(19)38(35)52)41-46-36-37(40(54)55)47-48(39(36)53)22-2-4-23(5-3-22)70(56,57)58/h1-6,11-18,47,49-52,65-67H,7-10H2,(H,54,55)(H,56,57,58)(H,59,60,61)(H,62,63,64). The van der Waals surface area contributed by atoms with Crippen molar-refractivity contribution in [3.05, 3.63) is 101 Å². The van der Waals surface area contributed by atoms with Gasteiger partial charge in [0.25, 0.3) is 35.9 Å². The Bertz CT molecular complexity index is 3870. The zero-order valence-electron chi connectivity index (χ0n) is 36.2. The molecule has 1 heterocycles. The Morgan fingerprint density at radius 1 is 0.589 bits per heavy atom. The third kappa shape index (κ3) is 11.6. The van der Waals surface area contributed by atoms with Crippen LogP contribution in [0.2, 0.25) is 0 Å². The molecule has 73 heavy (non-hydrogen) atoms. The first-order chi connectivity index (χ1) is 34.2. The van der Waals surface area contributed by atoms with Crippen molar-refractivity contribution in [2.24, 2.45) is 30.7 Å². The number of nitrogens with zero attached hydrogens (tertiary/aromatic N) is 7. The molecule has 0 unspecified atom stereocenters. The molecule has 0 aliphatic rings. The van der Waals surface area contributed by atoms with E-state index in [-0.39, 0.29) is 55.8 Å². The molecule has 7 rings (SSSR count). The summed E-state index contributed by atoms with van der Waals surface area (Å²) in [5.41, 5.74) is -4.52. The summed E-state index contributed by atoms with van der Waals surface area (Å²) in [6.07, 6.45) is 0. The molecule has 12 N–H and O–H groups in total. The van der Waals surface area contributed by atoms with Crippen molar-refractivity contribution in [2.45, 2.75) is 19.6 Å². The molecule has 0 spiro atoms. The van der Waals surface area contributed by atoms with E-state index in [0.29, 0.717) is 10.7 Å². The van der Waals surface area contributed by atoms with Crippen LogP contribution in [0.5, 0.6) is 23.0 Å². The minimum Gasteiger partial charge on any atom is -0.507 e.